The van der Waals surface area contributed by atoms with Gasteiger partial charge in [-0.25, -0.2) is 0 Å². The van der Waals surface area contributed by atoms with E-state index in [2.05, 4.69) is 26.6 Å². The fourth-order valence-corrected chi connectivity index (χ4v) is 7.44. The van der Waals surface area contributed by atoms with Crippen molar-refractivity contribution in [3.63, 3.8) is 0 Å². The highest BCUT2D eigenvalue weighted by Gasteiger charge is 2.60. The van der Waals surface area contributed by atoms with Crippen molar-refractivity contribution in [3.8, 4) is 0 Å². The molecular weight excluding hydrogens is 340 g/mol. The van der Waals surface area contributed by atoms with Crippen LogP contribution in [-0.4, -0.2) is 26.5 Å². The molecule has 26 heavy (non-hydrogen) atoms. The Hall–Kier alpha value is -0.743. The number of fused-ring (bicyclic) bond motifs is 5. The Morgan fingerprint density at radius 2 is 1.81 bits per heavy atom. The van der Waals surface area contributed by atoms with E-state index in [-0.39, 0.29) is 10.8 Å². The van der Waals surface area contributed by atoms with Gasteiger partial charge in [0, 0.05) is 30.3 Å². The summed E-state index contributed by atoms with van der Waals surface area (Å²) in [6, 6.07) is 0. The molecule has 0 aromatic heterocycles. The van der Waals surface area contributed by atoms with Gasteiger partial charge in [-0.3, -0.25) is 9.59 Å². The highest BCUT2D eigenvalue weighted by molar-refractivity contribution is 6.69. The van der Waals surface area contributed by atoms with Gasteiger partial charge in [0.25, 0.3) is 0 Å². The summed E-state index contributed by atoms with van der Waals surface area (Å²) >= 11 is 0. The second-order valence-corrected chi connectivity index (χ2v) is 15.0. The molecule has 5 atom stereocenters. The standard InChI is InChI=1S/C22H34O3Si/c1-21-11-10-19-17(18(21)7-8-20(21)24)6-5-15-13-16(23)9-12-22(15,19)14-25-26(2,3)4/h13,17-19H,5-12,14H2,1-4H3/t17-,18-,19-,21-,22+/m0/s1. The van der Waals surface area contributed by atoms with E-state index >= 15 is 0 Å². The maximum absolute atomic E-state index is 12.6. The van der Waals surface area contributed by atoms with Crippen molar-refractivity contribution in [2.75, 3.05) is 6.61 Å². The third kappa shape index (κ3) is 2.79. The molecule has 4 aliphatic carbocycles. The van der Waals surface area contributed by atoms with Crippen molar-refractivity contribution in [1.29, 1.82) is 0 Å². The number of hydrogen-bond acceptors (Lipinski definition) is 3. The Kier molecular flexibility index (Phi) is 4.39. The number of rotatable bonds is 3. The van der Waals surface area contributed by atoms with Crippen molar-refractivity contribution in [2.24, 2.45) is 28.6 Å². The van der Waals surface area contributed by atoms with Gasteiger partial charge in [-0.05, 0) is 82.0 Å². The molecule has 4 heteroatoms. The molecular formula is C22H34O3Si. The van der Waals surface area contributed by atoms with Gasteiger partial charge in [-0.15, -0.1) is 0 Å². The quantitative estimate of drug-likeness (QED) is 0.659. The van der Waals surface area contributed by atoms with Crippen molar-refractivity contribution >= 4 is 19.9 Å². The zero-order chi connectivity index (χ0) is 18.7. The molecule has 4 rings (SSSR count). The maximum Gasteiger partial charge on any atom is 0.183 e. The molecule has 0 bridgehead atoms. The number of hydrogen-bond donors (Lipinski definition) is 0. The molecule has 0 aliphatic heterocycles. The first-order valence-electron chi connectivity index (χ1n) is 10.6. The SMILES string of the molecule is C[C@]12CC[C@H]3[C@@H](CCC4=CC(=O)CC[C@@]43CO[Si](C)(C)C)[C@@H]1CCC2=O. The van der Waals surface area contributed by atoms with Gasteiger partial charge in [-0.2, -0.15) is 0 Å². The molecule has 0 spiro atoms. The first kappa shape index (κ1) is 18.6. The van der Waals surface area contributed by atoms with Crippen LogP contribution in [0.1, 0.15) is 58.3 Å². The van der Waals surface area contributed by atoms with Crippen LogP contribution in [0.25, 0.3) is 0 Å². The molecule has 3 nitrogen and oxygen atoms in total. The normalized spacial score (nSPS) is 42.8. The van der Waals surface area contributed by atoms with Crippen molar-refractivity contribution in [1.82, 2.24) is 0 Å². The van der Waals surface area contributed by atoms with E-state index < -0.39 is 8.32 Å². The molecule has 0 amide bonds. The van der Waals surface area contributed by atoms with E-state index in [1.807, 2.05) is 6.08 Å². The lowest BCUT2D eigenvalue weighted by Crippen LogP contribution is -2.54. The van der Waals surface area contributed by atoms with Gasteiger partial charge >= 0.3 is 0 Å². The monoisotopic (exact) mass is 374 g/mol. The zero-order valence-corrected chi connectivity index (χ0v) is 17.9. The fourth-order valence-electron chi connectivity index (χ4n) is 6.75. The van der Waals surface area contributed by atoms with Crippen molar-refractivity contribution < 1.29 is 14.0 Å². The molecule has 144 valence electrons. The first-order chi connectivity index (χ1) is 12.2. The summed E-state index contributed by atoms with van der Waals surface area (Å²) in [5.41, 5.74) is 1.36. The second kappa shape index (κ2) is 6.13. The van der Waals surface area contributed by atoms with Crippen LogP contribution < -0.4 is 0 Å². The van der Waals surface area contributed by atoms with Gasteiger partial charge in [0.1, 0.15) is 5.78 Å². The topological polar surface area (TPSA) is 43.4 Å². The minimum Gasteiger partial charge on any atom is -0.417 e. The Morgan fingerprint density at radius 1 is 1.04 bits per heavy atom. The largest absolute Gasteiger partial charge is 0.417 e. The summed E-state index contributed by atoms with van der Waals surface area (Å²) in [5.74, 6) is 2.59. The van der Waals surface area contributed by atoms with E-state index in [4.69, 9.17) is 4.43 Å². The van der Waals surface area contributed by atoms with E-state index in [0.29, 0.717) is 35.7 Å². The Labute approximate surface area is 159 Å². The Morgan fingerprint density at radius 3 is 2.54 bits per heavy atom. The maximum atomic E-state index is 12.6. The summed E-state index contributed by atoms with van der Waals surface area (Å²) in [5, 5.41) is 0. The summed E-state index contributed by atoms with van der Waals surface area (Å²) < 4.78 is 6.49. The smallest absolute Gasteiger partial charge is 0.183 e. The summed E-state index contributed by atoms with van der Waals surface area (Å²) in [6.45, 7) is 9.81. The zero-order valence-electron chi connectivity index (χ0n) is 16.9. The average molecular weight is 375 g/mol. The second-order valence-electron chi connectivity index (χ2n) is 10.5. The summed E-state index contributed by atoms with van der Waals surface area (Å²) in [6.07, 6.45) is 9.82. The van der Waals surface area contributed by atoms with Crippen molar-refractivity contribution in [3.05, 3.63) is 11.6 Å². The lowest BCUT2D eigenvalue weighted by molar-refractivity contribution is -0.133. The third-order valence-electron chi connectivity index (χ3n) is 8.16. The van der Waals surface area contributed by atoms with Crippen LogP contribution in [0.15, 0.2) is 11.6 Å². The van der Waals surface area contributed by atoms with Crippen LogP contribution in [0, 0.1) is 28.6 Å². The van der Waals surface area contributed by atoms with E-state index in [0.717, 1.165) is 51.6 Å². The van der Waals surface area contributed by atoms with Crippen LogP contribution in [0.2, 0.25) is 19.6 Å². The van der Waals surface area contributed by atoms with Gasteiger partial charge in [0.2, 0.25) is 0 Å². The molecule has 0 heterocycles. The minimum atomic E-state index is -1.61. The van der Waals surface area contributed by atoms with E-state index in [1.54, 1.807) is 0 Å². The average Bonchev–Trinajstić information content (AvgIpc) is 2.88. The molecule has 0 saturated heterocycles. The van der Waals surface area contributed by atoms with Crippen LogP contribution in [0.4, 0.5) is 0 Å². The van der Waals surface area contributed by atoms with Gasteiger partial charge in [0.15, 0.2) is 14.1 Å². The number of Topliss-reactive ketones (excluding diaryl/α,β-unsaturated/α-hetero) is 1. The molecule has 0 radical (unpaired) electrons. The van der Waals surface area contributed by atoms with Crippen LogP contribution in [0.5, 0.6) is 0 Å². The predicted octanol–water partition coefficient (Wildman–Crippen LogP) is 4.92. The van der Waals surface area contributed by atoms with Crippen molar-refractivity contribution in [2.45, 2.75) is 77.9 Å². The van der Waals surface area contributed by atoms with Crippen LogP contribution in [-0.2, 0) is 14.0 Å². The highest BCUT2D eigenvalue weighted by atomic mass is 28.4. The molecule has 3 saturated carbocycles. The number of carbonyl (C=O) groups is 2. The molecule has 0 N–H and O–H groups in total. The molecule has 3 fully saturated rings. The molecule has 0 unspecified atom stereocenters. The third-order valence-corrected chi connectivity index (χ3v) is 9.17. The minimum absolute atomic E-state index is 0.0596. The lowest BCUT2D eigenvalue weighted by atomic mass is 9.47. The van der Waals surface area contributed by atoms with E-state index in [9.17, 15) is 9.59 Å². The lowest BCUT2D eigenvalue weighted by Gasteiger charge is -2.58. The Balaban J connectivity index is 1.69. The highest BCUT2D eigenvalue weighted by Crippen LogP contribution is 2.64. The van der Waals surface area contributed by atoms with Gasteiger partial charge < -0.3 is 4.43 Å². The number of ketones is 2. The predicted molar refractivity (Wildman–Crippen MR) is 105 cm³/mol. The molecule has 0 aromatic rings. The fraction of sp³-hybridized carbons (Fsp3) is 0.818. The Bertz CT molecular complexity index is 661. The van der Waals surface area contributed by atoms with Crippen LogP contribution >= 0.6 is 0 Å². The van der Waals surface area contributed by atoms with Crippen LogP contribution in [0.3, 0.4) is 0 Å². The molecule has 0 aromatic carbocycles. The number of carbonyl (C=O) groups excluding carboxylic acids is 2. The first-order valence-corrected chi connectivity index (χ1v) is 14.0. The molecule has 4 aliphatic rings. The summed E-state index contributed by atoms with van der Waals surface area (Å²) in [7, 11) is -1.61. The van der Waals surface area contributed by atoms with Gasteiger partial charge in [-0.1, -0.05) is 12.5 Å². The summed E-state index contributed by atoms with van der Waals surface area (Å²) in [4.78, 5) is 24.7. The van der Waals surface area contributed by atoms with Gasteiger partial charge in [0.05, 0.1) is 0 Å². The van der Waals surface area contributed by atoms with E-state index in [1.165, 1.54) is 5.57 Å².